The second-order valence-corrected chi connectivity index (χ2v) is 5.27. The van der Waals surface area contributed by atoms with Crippen LogP contribution in [0.2, 0.25) is 0 Å². The first-order chi connectivity index (χ1) is 8.77. The molecule has 2 N–H and O–H groups in total. The molecule has 0 amide bonds. The van der Waals surface area contributed by atoms with Gasteiger partial charge in [0.2, 0.25) is 0 Å². The summed E-state index contributed by atoms with van der Waals surface area (Å²) in [6, 6.07) is 5.27. The van der Waals surface area contributed by atoms with E-state index in [1.807, 2.05) is 33.8 Å². The van der Waals surface area contributed by atoms with Gasteiger partial charge in [-0.15, -0.1) is 0 Å². The quantitative estimate of drug-likeness (QED) is 0.801. The molecule has 0 aliphatic rings. The van der Waals surface area contributed by atoms with Crippen LogP contribution in [0.5, 0.6) is 0 Å². The van der Waals surface area contributed by atoms with Gasteiger partial charge in [0.25, 0.3) is 0 Å². The monoisotopic (exact) mass is 264 g/mol. The molecule has 1 aromatic rings. The molecule has 0 heterocycles. The van der Waals surface area contributed by atoms with E-state index in [2.05, 4.69) is 0 Å². The second kappa shape index (κ2) is 5.87. The normalized spacial score (nSPS) is 11.3. The summed E-state index contributed by atoms with van der Waals surface area (Å²) in [5.41, 5.74) is 2.24. The molecule has 4 heteroatoms. The van der Waals surface area contributed by atoms with Crippen LogP contribution in [-0.2, 0) is 9.59 Å². The first-order valence-corrected chi connectivity index (χ1v) is 6.35. The number of carboxylic acids is 2. The van der Waals surface area contributed by atoms with Gasteiger partial charge in [-0.25, -0.2) is 0 Å². The standard InChI is InChI=1S/C15H20O4/c1-8(2)10-6-5-7-11(12(10)9(3)4)13(14(16)17)15(18)19/h5-9,13H,1-4H3,(H,16,17)(H,18,19). The van der Waals surface area contributed by atoms with Gasteiger partial charge in [-0.3, -0.25) is 9.59 Å². The van der Waals surface area contributed by atoms with E-state index in [1.165, 1.54) is 0 Å². The highest BCUT2D eigenvalue weighted by atomic mass is 16.4. The minimum Gasteiger partial charge on any atom is -0.480 e. The zero-order valence-electron chi connectivity index (χ0n) is 11.7. The molecule has 0 aromatic heterocycles. The maximum Gasteiger partial charge on any atom is 0.322 e. The Morgan fingerprint density at radius 3 is 1.74 bits per heavy atom. The Morgan fingerprint density at radius 2 is 1.37 bits per heavy atom. The Labute approximate surface area is 113 Å². The molecule has 0 aliphatic carbocycles. The number of benzene rings is 1. The fraction of sp³-hybridized carbons (Fsp3) is 0.467. The van der Waals surface area contributed by atoms with Gasteiger partial charge in [-0.2, -0.15) is 0 Å². The van der Waals surface area contributed by atoms with Crippen LogP contribution in [0.15, 0.2) is 18.2 Å². The van der Waals surface area contributed by atoms with Crippen LogP contribution in [0.25, 0.3) is 0 Å². The van der Waals surface area contributed by atoms with E-state index in [1.54, 1.807) is 12.1 Å². The lowest BCUT2D eigenvalue weighted by atomic mass is 9.82. The summed E-state index contributed by atoms with van der Waals surface area (Å²) in [5, 5.41) is 18.3. The Bertz CT molecular complexity index is 475. The van der Waals surface area contributed by atoms with E-state index < -0.39 is 17.9 Å². The first-order valence-electron chi connectivity index (χ1n) is 6.35. The SMILES string of the molecule is CC(C)c1cccc(C(C(=O)O)C(=O)O)c1C(C)C. The number of hydrogen-bond acceptors (Lipinski definition) is 2. The number of carbonyl (C=O) groups is 2. The number of rotatable bonds is 5. The summed E-state index contributed by atoms with van der Waals surface area (Å²) in [5.74, 6) is -3.85. The second-order valence-electron chi connectivity index (χ2n) is 5.27. The Morgan fingerprint density at radius 1 is 0.895 bits per heavy atom. The van der Waals surface area contributed by atoms with Crippen molar-refractivity contribution in [2.45, 2.75) is 45.4 Å². The van der Waals surface area contributed by atoms with Gasteiger partial charge in [-0.05, 0) is 28.5 Å². The van der Waals surface area contributed by atoms with Crippen LogP contribution < -0.4 is 0 Å². The zero-order chi connectivity index (χ0) is 14.7. The van der Waals surface area contributed by atoms with Crippen LogP contribution in [0, 0.1) is 0 Å². The Kier molecular flexibility index (Phi) is 4.70. The van der Waals surface area contributed by atoms with Crippen molar-refractivity contribution in [1.82, 2.24) is 0 Å². The third-order valence-corrected chi connectivity index (χ3v) is 3.18. The lowest BCUT2D eigenvalue weighted by Gasteiger charge is -2.22. The highest BCUT2D eigenvalue weighted by Crippen LogP contribution is 2.33. The molecule has 0 aliphatic heterocycles. The van der Waals surface area contributed by atoms with Crippen molar-refractivity contribution in [1.29, 1.82) is 0 Å². The average molecular weight is 264 g/mol. The minimum atomic E-state index is -1.50. The average Bonchev–Trinajstić information content (AvgIpc) is 2.27. The van der Waals surface area contributed by atoms with Crippen molar-refractivity contribution in [3.8, 4) is 0 Å². The van der Waals surface area contributed by atoms with Crippen molar-refractivity contribution < 1.29 is 19.8 Å². The molecule has 0 radical (unpaired) electrons. The van der Waals surface area contributed by atoms with Gasteiger partial charge in [-0.1, -0.05) is 45.9 Å². The molecule has 19 heavy (non-hydrogen) atoms. The molecule has 1 aromatic carbocycles. The van der Waals surface area contributed by atoms with E-state index in [4.69, 9.17) is 10.2 Å². The predicted molar refractivity (Wildman–Crippen MR) is 72.6 cm³/mol. The molecule has 0 bridgehead atoms. The van der Waals surface area contributed by atoms with E-state index in [0.29, 0.717) is 5.56 Å². The van der Waals surface area contributed by atoms with Crippen molar-refractivity contribution in [2.75, 3.05) is 0 Å². The molecular formula is C15H20O4. The van der Waals surface area contributed by atoms with Gasteiger partial charge in [0.15, 0.2) is 5.92 Å². The van der Waals surface area contributed by atoms with E-state index >= 15 is 0 Å². The van der Waals surface area contributed by atoms with Gasteiger partial charge >= 0.3 is 11.9 Å². The molecule has 1 rings (SSSR count). The summed E-state index contributed by atoms with van der Waals surface area (Å²) < 4.78 is 0. The summed E-state index contributed by atoms with van der Waals surface area (Å²) in [6.45, 7) is 7.93. The van der Waals surface area contributed by atoms with Gasteiger partial charge in [0, 0.05) is 0 Å². The smallest absolute Gasteiger partial charge is 0.322 e. The molecular weight excluding hydrogens is 244 g/mol. The molecule has 0 atom stereocenters. The van der Waals surface area contributed by atoms with Gasteiger partial charge in [0.05, 0.1) is 0 Å². The molecule has 0 unspecified atom stereocenters. The maximum atomic E-state index is 11.2. The van der Waals surface area contributed by atoms with Crippen LogP contribution in [0.3, 0.4) is 0 Å². The largest absolute Gasteiger partial charge is 0.480 e. The highest BCUT2D eigenvalue weighted by molar-refractivity contribution is 5.99. The summed E-state index contributed by atoms with van der Waals surface area (Å²) in [4.78, 5) is 22.4. The highest BCUT2D eigenvalue weighted by Gasteiger charge is 2.31. The Hall–Kier alpha value is -1.84. The number of hydrogen-bond donors (Lipinski definition) is 2. The first kappa shape index (κ1) is 15.2. The van der Waals surface area contributed by atoms with Crippen LogP contribution in [0.1, 0.15) is 62.1 Å². The third kappa shape index (κ3) is 3.13. The predicted octanol–water partition coefficient (Wildman–Crippen LogP) is 3.19. The zero-order valence-corrected chi connectivity index (χ0v) is 11.7. The molecule has 0 fully saturated rings. The van der Waals surface area contributed by atoms with E-state index in [-0.39, 0.29) is 11.8 Å². The molecule has 0 saturated carbocycles. The van der Waals surface area contributed by atoms with E-state index in [0.717, 1.165) is 11.1 Å². The molecule has 0 saturated heterocycles. The van der Waals surface area contributed by atoms with E-state index in [9.17, 15) is 9.59 Å². The number of aliphatic carboxylic acids is 2. The fourth-order valence-electron chi connectivity index (χ4n) is 2.40. The van der Waals surface area contributed by atoms with Crippen molar-refractivity contribution in [3.63, 3.8) is 0 Å². The maximum absolute atomic E-state index is 11.2. The lowest BCUT2D eigenvalue weighted by molar-refractivity contribution is -0.150. The van der Waals surface area contributed by atoms with Crippen LogP contribution >= 0.6 is 0 Å². The van der Waals surface area contributed by atoms with Crippen molar-refractivity contribution in [3.05, 3.63) is 34.9 Å². The van der Waals surface area contributed by atoms with Crippen molar-refractivity contribution in [2.24, 2.45) is 0 Å². The molecule has 0 spiro atoms. The third-order valence-electron chi connectivity index (χ3n) is 3.18. The number of carboxylic acid groups (broad SMARTS) is 2. The molecule has 4 nitrogen and oxygen atoms in total. The van der Waals surface area contributed by atoms with Crippen LogP contribution in [0.4, 0.5) is 0 Å². The minimum absolute atomic E-state index is 0.0785. The molecule has 104 valence electrons. The van der Waals surface area contributed by atoms with Gasteiger partial charge in [0.1, 0.15) is 0 Å². The summed E-state index contributed by atoms with van der Waals surface area (Å²) in [7, 11) is 0. The topological polar surface area (TPSA) is 74.6 Å². The van der Waals surface area contributed by atoms with Crippen LogP contribution in [-0.4, -0.2) is 22.2 Å². The van der Waals surface area contributed by atoms with Gasteiger partial charge < -0.3 is 10.2 Å². The summed E-state index contributed by atoms with van der Waals surface area (Å²) in [6.07, 6.45) is 0. The fourth-order valence-corrected chi connectivity index (χ4v) is 2.40. The lowest BCUT2D eigenvalue weighted by Crippen LogP contribution is -2.23. The summed E-state index contributed by atoms with van der Waals surface area (Å²) >= 11 is 0. The Balaban J connectivity index is 3.54. The van der Waals surface area contributed by atoms with Crippen molar-refractivity contribution >= 4 is 11.9 Å².